The van der Waals surface area contributed by atoms with E-state index in [4.69, 9.17) is 16.4 Å². The molecule has 0 aliphatic heterocycles. The fraction of sp³-hybridized carbons (Fsp3) is 0.316. The fourth-order valence-electron chi connectivity index (χ4n) is 2.13. The van der Waals surface area contributed by atoms with Crippen LogP contribution in [-0.2, 0) is 14.3 Å². The summed E-state index contributed by atoms with van der Waals surface area (Å²) in [5.74, 6) is 0.782. The van der Waals surface area contributed by atoms with Crippen molar-refractivity contribution >= 4 is 29.4 Å². The maximum Gasteiger partial charge on any atom is 0.329 e. The van der Waals surface area contributed by atoms with Gasteiger partial charge in [0, 0.05) is 24.7 Å². The van der Waals surface area contributed by atoms with Crippen LogP contribution in [0, 0.1) is 23.8 Å². The minimum Gasteiger partial charge on any atom is -0.464 e. The van der Waals surface area contributed by atoms with Crippen molar-refractivity contribution in [3.05, 3.63) is 29.8 Å². The molecule has 0 radical (unpaired) electrons. The van der Waals surface area contributed by atoms with Crippen LogP contribution in [0.4, 0.5) is 5.69 Å². The summed E-state index contributed by atoms with van der Waals surface area (Å²) in [7, 11) is 1.59. The van der Waals surface area contributed by atoms with Crippen molar-refractivity contribution in [3.8, 4) is 18.5 Å². The van der Waals surface area contributed by atoms with Gasteiger partial charge in [-0.05, 0) is 25.1 Å². The summed E-state index contributed by atoms with van der Waals surface area (Å²) in [6, 6.07) is 5.41. The van der Waals surface area contributed by atoms with E-state index in [1.807, 2.05) is 0 Å². The number of aliphatic imine (C=N–C) groups is 1. The Morgan fingerprint density at radius 3 is 2.72 bits per heavy atom. The third-order valence-electron chi connectivity index (χ3n) is 3.42. The van der Waals surface area contributed by atoms with Gasteiger partial charge < -0.3 is 26.0 Å². The third-order valence-corrected chi connectivity index (χ3v) is 3.42. The summed E-state index contributed by atoms with van der Waals surface area (Å²) >= 11 is 0. The number of guanidine groups is 1. The number of carbonyl (C=O) groups excluding carboxylic acids is 3. The molecule has 0 aliphatic carbocycles. The molecule has 0 aromatic heterocycles. The second-order valence-corrected chi connectivity index (χ2v) is 5.48. The van der Waals surface area contributed by atoms with Crippen LogP contribution in [0.1, 0.15) is 23.7 Å². The predicted octanol–water partition coefficient (Wildman–Crippen LogP) is -0.0440. The SMILES string of the molecule is C#CCC(NC(=O)CNC(=O)c1cccc(N/C(=N/C#N)NC)c1)C(=O)OCC. The van der Waals surface area contributed by atoms with Crippen molar-refractivity contribution in [2.75, 3.05) is 25.5 Å². The van der Waals surface area contributed by atoms with Crippen molar-refractivity contribution in [1.82, 2.24) is 16.0 Å². The Morgan fingerprint density at radius 1 is 1.34 bits per heavy atom. The highest BCUT2D eigenvalue weighted by Crippen LogP contribution is 2.10. The molecule has 0 aliphatic rings. The highest BCUT2D eigenvalue weighted by molar-refractivity contribution is 5.99. The highest BCUT2D eigenvalue weighted by Gasteiger charge is 2.21. The van der Waals surface area contributed by atoms with Crippen LogP contribution in [0.2, 0.25) is 0 Å². The van der Waals surface area contributed by atoms with Gasteiger partial charge in [-0.3, -0.25) is 9.59 Å². The summed E-state index contributed by atoms with van der Waals surface area (Å²) in [6.07, 6.45) is 6.82. The van der Waals surface area contributed by atoms with Gasteiger partial charge in [0.2, 0.25) is 18.1 Å². The van der Waals surface area contributed by atoms with Crippen LogP contribution >= 0.6 is 0 Å². The van der Waals surface area contributed by atoms with Gasteiger partial charge in [-0.25, -0.2) is 4.79 Å². The largest absolute Gasteiger partial charge is 0.464 e. The lowest BCUT2D eigenvalue weighted by Crippen LogP contribution is -2.46. The molecule has 1 rings (SSSR count). The van der Waals surface area contributed by atoms with Crippen molar-refractivity contribution in [2.45, 2.75) is 19.4 Å². The standard InChI is InChI=1S/C19H22N6O4/c1-4-7-15(18(28)29-5-2)25-16(26)11-22-17(27)13-8-6-9-14(10-13)24-19(21-3)23-12-20/h1,6,8-10,15H,5,7,11H2,2-3H3,(H,22,27)(H,25,26)(H2,21,23,24). The molecule has 0 spiro atoms. The number of amides is 2. The topological polar surface area (TPSA) is 145 Å². The number of hydrogen-bond donors (Lipinski definition) is 4. The van der Waals surface area contributed by atoms with Crippen molar-refractivity contribution < 1.29 is 19.1 Å². The average molecular weight is 398 g/mol. The molecule has 0 heterocycles. The molecule has 0 fully saturated rings. The van der Waals surface area contributed by atoms with Gasteiger partial charge in [-0.15, -0.1) is 17.3 Å². The second-order valence-electron chi connectivity index (χ2n) is 5.48. The van der Waals surface area contributed by atoms with Gasteiger partial charge in [0.05, 0.1) is 13.2 Å². The average Bonchev–Trinajstić information content (AvgIpc) is 2.71. The summed E-state index contributed by atoms with van der Waals surface area (Å²) < 4.78 is 4.85. The van der Waals surface area contributed by atoms with Gasteiger partial charge in [0.25, 0.3) is 5.91 Å². The Morgan fingerprint density at radius 2 is 2.10 bits per heavy atom. The molecule has 2 amide bonds. The molecule has 10 heteroatoms. The number of ether oxygens (including phenoxy) is 1. The molecule has 29 heavy (non-hydrogen) atoms. The first-order valence-electron chi connectivity index (χ1n) is 8.64. The van der Waals surface area contributed by atoms with Crippen molar-refractivity contribution in [2.24, 2.45) is 4.99 Å². The van der Waals surface area contributed by atoms with Gasteiger partial charge >= 0.3 is 5.97 Å². The van der Waals surface area contributed by atoms with E-state index < -0.39 is 23.8 Å². The maximum atomic E-state index is 12.3. The summed E-state index contributed by atoms with van der Waals surface area (Å²) in [4.78, 5) is 39.6. The van der Waals surface area contributed by atoms with Crippen LogP contribution in [0.25, 0.3) is 0 Å². The minimum absolute atomic E-state index is 0.0235. The number of nitrogens with zero attached hydrogens (tertiary/aromatic N) is 2. The molecular formula is C19H22N6O4. The molecule has 0 saturated carbocycles. The molecule has 1 aromatic carbocycles. The number of nitrogens with one attached hydrogen (secondary N) is 4. The predicted molar refractivity (Wildman–Crippen MR) is 107 cm³/mol. The second kappa shape index (κ2) is 12.4. The number of carbonyl (C=O) groups is 3. The van der Waals surface area contributed by atoms with Crippen LogP contribution in [0.3, 0.4) is 0 Å². The summed E-state index contributed by atoms with van der Waals surface area (Å²) in [6.45, 7) is 1.45. The first kappa shape index (κ1) is 23.0. The molecule has 1 unspecified atom stereocenters. The van der Waals surface area contributed by atoms with E-state index in [0.717, 1.165) is 0 Å². The first-order chi connectivity index (χ1) is 13.9. The lowest BCUT2D eigenvalue weighted by Gasteiger charge is -2.15. The van der Waals surface area contributed by atoms with Crippen LogP contribution in [0.15, 0.2) is 29.3 Å². The normalized spacial score (nSPS) is 11.2. The van der Waals surface area contributed by atoms with Crippen LogP contribution in [0.5, 0.6) is 0 Å². The quantitative estimate of drug-likeness (QED) is 0.158. The zero-order valence-electron chi connectivity index (χ0n) is 16.1. The highest BCUT2D eigenvalue weighted by atomic mass is 16.5. The van der Waals surface area contributed by atoms with E-state index in [-0.39, 0.29) is 31.1 Å². The Kier molecular flexibility index (Phi) is 9.80. The molecule has 1 aromatic rings. The van der Waals surface area contributed by atoms with Gasteiger partial charge in [-0.1, -0.05) is 6.07 Å². The molecule has 152 valence electrons. The molecule has 0 bridgehead atoms. The number of hydrogen-bond acceptors (Lipinski definition) is 6. The summed E-state index contributed by atoms with van der Waals surface area (Å²) in [5, 5.41) is 19.0. The molecule has 10 nitrogen and oxygen atoms in total. The Labute approximate surface area is 168 Å². The lowest BCUT2D eigenvalue weighted by atomic mass is 10.2. The minimum atomic E-state index is -0.976. The number of nitriles is 1. The molecule has 0 saturated heterocycles. The van der Waals surface area contributed by atoms with Crippen LogP contribution in [-0.4, -0.2) is 50.0 Å². The van der Waals surface area contributed by atoms with Gasteiger partial charge in [0.1, 0.15) is 6.04 Å². The zero-order valence-corrected chi connectivity index (χ0v) is 16.1. The van der Waals surface area contributed by atoms with E-state index in [2.05, 4.69) is 32.2 Å². The maximum absolute atomic E-state index is 12.3. The number of terminal acetylenes is 1. The van der Waals surface area contributed by atoms with E-state index in [0.29, 0.717) is 5.69 Å². The van der Waals surface area contributed by atoms with E-state index >= 15 is 0 Å². The number of benzene rings is 1. The van der Waals surface area contributed by atoms with Crippen LogP contribution < -0.4 is 21.3 Å². The molecular weight excluding hydrogens is 376 g/mol. The summed E-state index contributed by atoms with van der Waals surface area (Å²) in [5.41, 5.74) is 0.794. The van der Waals surface area contributed by atoms with Gasteiger partial charge in [0.15, 0.2) is 0 Å². The lowest BCUT2D eigenvalue weighted by molar-refractivity contribution is -0.147. The third kappa shape index (κ3) is 8.01. The monoisotopic (exact) mass is 398 g/mol. The van der Waals surface area contributed by atoms with E-state index in [1.165, 1.54) is 6.07 Å². The van der Waals surface area contributed by atoms with Crippen molar-refractivity contribution in [3.63, 3.8) is 0 Å². The van der Waals surface area contributed by atoms with Gasteiger partial charge in [-0.2, -0.15) is 5.26 Å². The smallest absolute Gasteiger partial charge is 0.329 e. The molecule has 4 N–H and O–H groups in total. The number of esters is 1. The van der Waals surface area contributed by atoms with E-state index in [9.17, 15) is 14.4 Å². The number of anilines is 1. The fourth-order valence-corrected chi connectivity index (χ4v) is 2.13. The van der Waals surface area contributed by atoms with E-state index in [1.54, 1.807) is 38.4 Å². The first-order valence-corrected chi connectivity index (χ1v) is 8.64. The van der Waals surface area contributed by atoms with Crippen molar-refractivity contribution in [1.29, 1.82) is 5.26 Å². The zero-order chi connectivity index (χ0) is 21.6. The number of rotatable bonds is 8. The Balaban J connectivity index is 2.68. The Hall–Kier alpha value is -4.05. The Bertz CT molecular complexity index is 853. The molecule has 1 atom stereocenters.